The number of hydrogen-bond donors (Lipinski definition) is 2. The summed E-state index contributed by atoms with van der Waals surface area (Å²) in [4.78, 5) is 1.06. The van der Waals surface area contributed by atoms with Crippen LogP contribution in [0.15, 0.2) is 34.1 Å². The molecule has 2 rings (SSSR count). The largest absolute Gasteiger partial charge is 0.271 e. The molecule has 0 amide bonds. The lowest BCUT2D eigenvalue weighted by Crippen LogP contribution is -2.30. The quantitative estimate of drug-likeness (QED) is 0.663. The molecule has 0 fully saturated rings. The molecular weight excluding hydrogens is 322 g/mol. The van der Waals surface area contributed by atoms with Gasteiger partial charge in [-0.1, -0.05) is 6.07 Å². The van der Waals surface area contributed by atoms with Gasteiger partial charge in [-0.15, -0.1) is 11.3 Å². The van der Waals surface area contributed by atoms with Crippen LogP contribution in [0.3, 0.4) is 0 Å². The second-order valence-electron chi connectivity index (χ2n) is 3.80. The lowest BCUT2D eigenvalue weighted by molar-refractivity contribution is 0.504. The number of benzene rings is 1. The Labute approximate surface area is 116 Å². The maximum absolute atomic E-state index is 13.7. The molecule has 1 unspecified atom stereocenters. The van der Waals surface area contributed by atoms with Crippen molar-refractivity contribution in [1.82, 2.24) is 5.43 Å². The van der Waals surface area contributed by atoms with Crippen LogP contribution in [0.5, 0.6) is 0 Å². The zero-order valence-corrected chi connectivity index (χ0v) is 11.7. The van der Waals surface area contributed by atoms with Crippen molar-refractivity contribution in [2.75, 3.05) is 0 Å². The highest BCUT2D eigenvalue weighted by molar-refractivity contribution is 9.11. The summed E-state index contributed by atoms with van der Waals surface area (Å²) in [6.45, 7) is 0. The Hall–Kier alpha value is -0.820. The summed E-state index contributed by atoms with van der Waals surface area (Å²) in [6, 6.07) is 7.00. The van der Waals surface area contributed by atoms with E-state index in [2.05, 4.69) is 21.4 Å². The molecule has 0 spiro atoms. The molecule has 1 atom stereocenters. The summed E-state index contributed by atoms with van der Waals surface area (Å²) in [5, 5.41) is 0. The lowest BCUT2D eigenvalue weighted by Gasteiger charge is -2.16. The predicted molar refractivity (Wildman–Crippen MR) is 72.1 cm³/mol. The highest BCUT2D eigenvalue weighted by Gasteiger charge is 2.16. The molecule has 0 aliphatic carbocycles. The molecule has 0 bridgehead atoms. The fraction of sp³-hybridized carbons (Fsp3) is 0.167. The summed E-state index contributed by atoms with van der Waals surface area (Å²) in [7, 11) is 0. The summed E-state index contributed by atoms with van der Waals surface area (Å²) in [5.41, 5.74) is 2.93. The van der Waals surface area contributed by atoms with Crippen LogP contribution < -0.4 is 11.3 Å². The molecule has 0 saturated heterocycles. The van der Waals surface area contributed by atoms with Gasteiger partial charge in [0.1, 0.15) is 11.6 Å². The summed E-state index contributed by atoms with van der Waals surface area (Å²) < 4.78 is 27.5. The number of rotatable bonds is 4. The van der Waals surface area contributed by atoms with Crippen molar-refractivity contribution in [3.63, 3.8) is 0 Å². The van der Waals surface area contributed by atoms with Gasteiger partial charge in [-0.2, -0.15) is 0 Å². The zero-order chi connectivity index (χ0) is 13.1. The standard InChI is InChI=1S/C12H11BrF2N2S/c13-12-4-2-8(18-12)6-11(17-16)9-3-1-7(14)5-10(9)15/h1-5,11,17H,6,16H2. The average Bonchev–Trinajstić information content (AvgIpc) is 2.72. The van der Waals surface area contributed by atoms with Crippen molar-refractivity contribution >= 4 is 27.3 Å². The van der Waals surface area contributed by atoms with Gasteiger partial charge in [0, 0.05) is 22.9 Å². The molecule has 0 radical (unpaired) electrons. The second-order valence-corrected chi connectivity index (χ2v) is 6.34. The van der Waals surface area contributed by atoms with Crippen LogP contribution in [-0.4, -0.2) is 0 Å². The molecule has 96 valence electrons. The molecule has 1 aromatic carbocycles. The summed E-state index contributed by atoms with van der Waals surface area (Å²) in [6.07, 6.45) is 0.551. The van der Waals surface area contributed by atoms with Gasteiger partial charge in [-0.25, -0.2) is 8.78 Å². The lowest BCUT2D eigenvalue weighted by atomic mass is 10.0. The maximum atomic E-state index is 13.7. The average molecular weight is 333 g/mol. The highest BCUT2D eigenvalue weighted by Crippen LogP contribution is 2.27. The van der Waals surface area contributed by atoms with Gasteiger partial charge in [0.05, 0.1) is 9.83 Å². The first-order valence-corrected chi connectivity index (χ1v) is 6.86. The van der Waals surface area contributed by atoms with Crippen LogP contribution >= 0.6 is 27.3 Å². The first-order chi connectivity index (χ1) is 8.60. The molecule has 3 N–H and O–H groups in total. The van der Waals surface area contributed by atoms with E-state index in [-0.39, 0.29) is 6.04 Å². The Bertz CT molecular complexity index is 545. The van der Waals surface area contributed by atoms with Gasteiger partial charge in [-0.05, 0) is 34.1 Å². The van der Waals surface area contributed by atoms with E-state index in [1.807, 2.05) is 12.1 Å². The van der Waals surface area contributed by atoms with Crippen molar-refractivity contribution in [2.24, 2.45) is 5.84 Å². The van der Waals surface area contributed by atoms with E-state index in [1.165, 1.54) is 12.1 Å². The Kier molecular flexibility index (Phi) is 4.45. The third-order valence-corrected chi connectivity index (χ3v) is 4.22. The third-order valence-electron chi connectivity index (χ3n) is 2.57. The minimum atomic E-state index is -0.592. The van der Waals surface area contributed by atoms with Crippen molar-refractivity contribution in [3.05, 3.63) is 56.2 Å². The van der Waals surface area contributed by atoms with Gasteiger partial charge in [0.25, 0.3) is 0 Å². The first kappa shape index (κ1) is 13.6. The number of nitrogens with one attached hydrogen (secondary N) is 1. The van der Waals surface area contributed by atoms with E-state index in [1.54, 1.807) is 11.3 Å². The molecule has 0 saturated carbocycles. The van der Waals surface area contributed by atoms with Gasteiger partial charge in [0.2, 0.25) is 0 Å². The summed E-state index contributed by atoms with van der Waals surface area (Å²) in [5.74, 6) is 4.27. The zero-order valence-electron chi connectivity index (χ0n) is 9.29. The van der Waals surface area contributed by atoms with E-state index in [0.29, 0.717) is 12.0 Å². The van der Waals surface area contributed by atoms with Crippen molar-refractivity contribution in [1.29, 1.82) is 0 Å². The van der Waals surface area contributed by atoms with Gasteiger partial charge >= 0.3 is 0 Å². The minimum absolute atomic E-state index is 0.364. The topological polar surface area (TPSA) is 38.0 Å². The number of hydrogen-bond acceptors (Lipinski definition) is 3. The van der Waals surface area contributed by atoms with E-state index in [0.717, 1.165) is 14.7 Å². The molecule has 1 heterocycles. The summed E-state index contributed by atoms with van der Waals surface area (Å²) >= 11 is 4.93. The number of nitrogens with two attached hydrogens (primary N) is 1. The van der Waals surface area contributed by atoms with Crippen molar-refractivity contribution in [3.8, 4) is 0 Å². The number of halogens is 3. The molecular formula is C12H11BrF2N2S. The Morgan fingerprint density at radius 2 is 2.06 bits per heavy atom. The van der Waals surface area contributed by atoms with Gasteiger partial charge in [0.15, 0.2) is 0 Å². The van der Waals surface area contributed by atoms with E-state index in [9.17, 15) is 8.78 Å². The van der Waals surface area contributed by atoms with Gasteiger partial charge < -0.3 is 0 Å². The fourth-order valence-electron chi connectivity index (χ4n) is 1.71. The van der Waals surface area contributed by atoms with Crippen LogP contribution in [0.1, 0.15) is 16.5 Å². The van der Waals surface area contributed by atoms with Crippen LogP contribution in [0.25, 0.3) is 0 Å². The Morgan fingerprint density at radius 1 is 1.28 bits per heavy atom. The maximum Gasteiger partial charge on any atom is 0.130 e. The predicted octanol–water partition coefficient (Wildman–Crippen LogP) is 3.54. The van der Waals surface area contributed by atoms with Crippen LogP contribution in [0.4, 0.5) is 8.78 Å². The molecule has 18 heavy (non-hydrogen) atoms. The molecule has 1 aromatic heterocycles. The SMILES string of the molecule is NNC(Cc1ccc(Br)s1)c1ccc(F)cc1F. The third kappa shape index (κ3) is 3.14. The van der Waals surface area contributed by atoms with Crippen LogP contribution in [0.2, 0.25) is 0 Å². The van der Waals surface area contributed by atoms with Gasteiger partial charge in [-0.3, -0.25) is 11.3 Å². The van der Waals surface area contributed by atoms with Crippen molar-refractivity contribution < 1.29 is 8.78 Å². The molecule has 2 nitrogen and oxygen atoms in total. The Balaban J connectivity index is 2.22. The number of thiophene rings is 1. The molecule has 6 heteroatoms. The van der Waals surface area contributed by atoms with E-state index >= 15 is 0 Å². The minimum Gasteiger partial charge on any atom is -0.271 e. The fourth-order valence-corrected chi connectivity index (χ4v) is 3.23. The number of hydrazine groups is 1. The van der Waals surface area contributed by atoms with Crippen molar-refractivity contribution in [2.45, 2.75) is 12.5 Å². The van der Waals surface area contributed by atoms with E-state index < -0.39 is 11.6 Å². The van der Waals surface area contributed by atoms with Crippen LogP contribution in [0, 0.1) is 11.6 Å². The monoisotopic (exact) mass is 332 g/mol. The Morgan fingerprint density at radius 3 is 2.61 bits per heavy atom. The highest BCUT2D eigenvalue weighted by atomic mass is 79.9. The smallest absolute Gasteiger partial charge is 0.130 e. The molecule has 2 aromatic rings. The first-order valence-electron chi connectivity index (χ1n) is 5.25. The molecule has 0 aliphatic rings. The van der Waals surface area contributed by atoms with Crippen LogP contribution in [-0.2, 0) is 6.42 Å². The normalized spacial score (nSPS) is 12.7. The molecule has 0 aliphatic heterocycles. The second kappa shape index (κ2) is 5.88. The van der Waals surface area contributed by atoms with E-state index in [4.69, 9.17) is 5.84 Å².